The Morgan fingerprint density at radius 1 is 0.700 bits per heavy atom. The number of aryl methyl sites for hydroxylation is 1. The predicted octanol–water partition coefficient (Wildman–Crippen LogP) is 6.82. The fourth-order valence-corrected chi connectivity index (χ4v) is 3.17. The highest BCUT2D eigenvalue weighted by molar-refractivity contribution is 5.71. The molecule has 4 aromatic rings. The molecule has 0 fully saturated rings. The SMILES string of the molecule is Cc1ccc(-c2cc(-c3ccccc3)nc(-c3ccc(OCC(C)C)cc3)n2)cc1. The molecule has 0 saturated heterocycles. The molecule has 0 bridgehead atoms. The second kappa shape index (κ2) is 8.91. The third kappa shape index (κ3) is 4.74. The average Bonchev–Trinajstić information content (AvgIpc) is 2.79. The molecule has 3 aromatic carbocycles. The lowest BCUT2D eigenvalue weighted by Crippen LogP contribution is -2.04. The molecule has 1 heterocycles. The van der Waals surface area contributed by atoms with E-state index in [0.29, 0.717) is 18.3 Å². The van der Waals surface area contributed by atoms with E-state index in [1.807, 2.05) is 42.5 Å². The summed E-state index contributed by atoms with van der Waals surface area (Å²) >= 11 is 0. The zero-order valence-corrected chi connectivity index (χ0v) is 17.7. The second-order valence-electron chi connectivity index (χ2n) is 7.92. The van der Waals surface area contributed by atoms with E-state index in [2.05, 4.69) is 63.2 Å². The van der Waals surface area contributed by atoms with Crippen LogP contribution in [0.15, 0.2) is 84.9 Å². The van der Waals surface area contributed by atoms with Crippen molar-refractivity contribution in [3.63, 3.8) is 0 Å². The van der Waals surface area contributed by atoms with Crippen molar-refractivity contribution in [2.75, 3.05) is 6.61 Å². The highest BCUT2D eigenvalue weighted by atomic mass is 16.5. The predicted molar refractivity (Wildman–Crippen MR) is 123 cm³/mol. The summed E-state index contributed by atoms with van der Waals surface area (Å²) in [6, 6.07) is 28.8. The van der Waals surface area contributed by atoms with Crippen LogP contribution in [0.4, 0.5) is 0 Å². The fraction of sp³-hybridized carbons (Fsp3) is 0.185. The van der Waals surface area contributed by atoms with Crippen LogP contribution in [0, 0.1) is 12.8 Å². The van der Waals surface area contributed by atoms with Crippen molar-refractivity contribution in [3.8, 4) is 39.7 Å². The van der Waals surface area contributed by atoms with E-state index in [9.17, 15) is 0 Å². The van der Waals surface area contributed by atoms with Crippen LogP contribution in [0.5, 0.6) is 5.75 Å². The Hall–Kier alpha value is -3.46. The van der Waals surface area contributed by atoms with Crippen molar-refractivity contribution in [1.29, 1.82) is 0 Å². The molecule has 0 amide bonds. The first-order chi connectivity index (χ1) is 14.6. The summed E-state index contributed by atoms with van der Waals surface area (Å²) in [5, 5.41) is 0. The maximum Gasteiger partial charge on any atom is 0.160 e. The summed E-state index contributed by atoms with van der Waals surface area (Å²) in [6.07, 6.45) is 0. The highest BCUT2D eigenvalue weighted by Crippen LogP contribution is 2.28. The van der Waals surface area contributed by atoms with Crippen LogP contribution < -0.4 is 4.74 Å². The highest BCUT2D eigenvalue weighted by Gasteiger charge is 2.11. The van der Waals surface area contributed by atoms with Gasteiger partial charge in [0.25, 0.3) is 0 Å². The Balaban J connectivity index is 1.75. The maximum atomic E-state index is 5.81. The lowest BCUT2D eigenvalue weighted by Gasteiger charge is -2.11. The Kier molecular flexibility index (Phi) is 5.89. The summed E-state index contributed by atoms with van der Waals surface area (Å²) in [7, 11) is 0. The van der Waals surface area contributed by atoms with Gasteiger partial charge in [0, 0.05) is 16.7 Å². The lowest BCUT2D eigenvalue weighted by molar-refractivity contribution is 0.271. The Bertz CT molecular complexity index is 1100. The number of rotatable bonds is 6. The number of hydrogen-bond acceptors (Lipinski definition) is 3. The van der Waals surface area contributed by atoms with Crippen molar-refractivity contribution in [1.82, 2.24) is 9.97 Å². The van der Waals surface area contributed by atoms with Gasteiger partial charge in [0.2, 0.25) is 0 Å². The van der Waals surface area contributed by atoms with E-state index < -0.39 is 0 Å². The molecule has 1 aromatic heterocycles. The first kappa shape index (κ1) is 19.8. The molecular formula is C27H26N2O. The summed E-state index contributed by atoms with van der Waals surface area (Å²) < 4.78 is 5.81. The van der Waals surface area contributed by atoms with Gasteiger partial charge in [-0.05, 0) is 43.2 Å². The molecular weight excluding hydrogens is 368 g/mol. The van der Waals surface area contributed by atoms with E-state index in [4.69, 9.17) is 14.7 Å². The number of hydrogen-bond donors (Lipinski definition) is 0. The molecule has 0 spiro atoms. The minimum absolute atomic E-state index is 0.493. The topological polar surface area (TPSA) is 35.0 Å². The molecule has 0 N–H and O–H groups in total. The van der Waals surface area contributed by atoms with Crippen LogP contribution in [0.1, 0.15) is 19.4 Å². The van der Waals surface area contributed by atoms with E-state index in [-0.39, 0.29) is 0 Å². The van der Waals surface area contributed by atoms with Crippen LogP contribution in [0.3, 0.4) is 0 Å². The van der Waals surface area contributed by atoms with Gasteiger partial charge in [-0.25, -0.2) is 9.97 Å². The van der Waals surface area contributed by atoms with Crippen LogP contribution in [0.2, 0.25) is 0 Å². The molecule has 0 unspecified atom stereocenters. The molecule has 0 saturated carbocycles. The van der Waals surface area contributed by atoms with E-state index in [0.717, 1.165) is 33.8 Å². The van der Waals surface area contributed by atoms with Gasteiger partial charge in [-0.15, -0.1) is 0 Å². The molecule has 3 heteroatoms. The van der Waals surface area contributed by atoms with Gasteiger partial charge in [0.1, 0.15) is 5.75 Å². The summed E-state index contributed by atoms with van der Waals surface area (Å²) in [5.41, 5.74) is 6.19. The Labute approximate surface area is 178 Å². The van der Waals surface area contributed by atoms with Gasteiger partial charge in [-0.3, -0.25) is 0 Å². The van der Waals surface area contributed by atoms with Crippen LogP contribution in [-0.4, -0.2) is 16.6 Å². The molecule has 4 rings (SSSR count). The Morgan fingerprint density at radius 3 is 1.87 bits per heavy atom. The Morgan fingerprint density at radius 2 is 1.27 bits per heavy atom. The van der Waals surface area contributed by atoms with Gasteiger partial charge >= 0.3 is 0 Å². The summed E-state index contributed by atoms with van der Waals surface area (Å²) in [5.74, 6) is 2.07. The zero-order valence-electron chi connectivity index (χ0n) is 17.7. The number of ether oxygens (including phenoxy) is 1. The van der Waals surface area contributed by atoms with Crippen molar-refractivity contribution < 1.29 is 4.74 Å². The summed E-state index contributed by atoms with van der Waals surface area (Å²) in [4.78, 5) is 9.75. The van der Waals surface area contributed by atoms with Crippen molar-refractivity contribution >= 4 is 0 Å². The minimum Gasteiger partial charge on any atom is -0.493 e. The van der Waals surface area contributed by atoms with Crippen LogP contribution in [0.25, 0.3) is 33.9 Å². The normalized spacial score (nSPS) is 10.9. The average molecular weight is 395 g/mol. The van der Waals surface area contributed by atoms with Crippen LogP contribution >= 0.6 is 0 Å². The third-order valence-corrected chi connectivity index (χ3v) is 4.84. The van der Waals surface area contributed by atoms with Gasteiger partial charge < -0.3 is 4.74 Å². The van der Waals surface area contributed by atoms with E-state index >= 15 is 0 Å². The van der Waals surface area contributed by atoms with Gasteiger partial charge in [0.15, 0.2) is 5.82 Å². The molecule has 0 atom stereocenters. The molecule has 0 radical (unpaired) electrons. The van der Waals surface area contributed by atoms with E-state index in [1.54, 1.807) is 0 Å². The van der Waals surface area contributed by atoms with Crippen LogP contribution in [-0.2, 0) is 0 Å². The number of aromatic nitrogens is 2. The fourth-order valence-electron chi connectivity index (χ4n) is 3.17. The first-order valence-electron chi connectivity index (χ1n) is 10.3. The first-order valence-corrected chi connectivity index (χ1v) is 10.3. The van der Waals surface area contributed by atoms with Crippen molar-refractivity contribution in [2.45, 2.75) is 20.8 Å². The van der Waals surface area contributed by atoms with Gasteiger partial charge in [-0.2, -0.15) is 0 Å². The number of nitrogens with zero attached hydrogens (tertiary/aromatic N) is 2. The lowest BCUT2D eigenvalue weighted by atomic mass is 10.1. The minimum atomic E-state index is 0.493. The van der Waals surface area contributed by atoms with Gasteiger partial charge in [-0.1, -0.05) is 74.0 Å². The second-order valence-corrected chi connectivity index (χ2v) is 7.92. The maximum absolute atomic E-state index is 5.81. The van der Waals surface area contributed by atoms with Gasteiger partial charge in [0.05, 0.1) is 18.0 Å². The summed E-state index contributed by atoms with van der Waals surface area (Å²) in [6.45, 7) is 7.08. The molecule has 150 valence electrons. The smallest absolute Gasteiger partial charge is 0.160 e. The zero-order chi connectivity index (χ0) is 20.9. The monoisotopic (exact) mass is 394 g/mol. The van der Waals surface area contributed by atoms with Crippen molar-refractivity contribution in [2.24, 2.45) is 5.92 Å². The van der Waals surface area contributed by atoms with E-state index in [1.165, 1.54) is 5.56 Å². The molecule has 0 aliphatic heterocycles. The molecule has 3 nitrogen and oxygen atoms in total. The van der Waals surface area contributed by atoms with Crippen molar-refractivity contribution in [3.05, 3.63) is 90.5 Å². The quantitative estimate of drug-likeness (QED) is 0.360. The number of benzene rings is 3. The molecule has 0 aliphatic carbocycles. The standard InChI is InChI=1S/C27H26N2O/c1-19(2)18-30-24-15-13-23(14-16-24)27-28-25(21-7-5-4-6-8-21)17-26(29-27)22-11-9-20(3)10-12-22/h4-17,19H,18H2,1-3H3. The largest absolute Gasteiger partial charge is 0.493 e. The third-order valence-electron chi connectivity index (χ3n) is 4.84. The molecule has 0 aliphatic rings. The molecule has 30 heavy (non-hydrogen) atoms.